The van der Waals surface area contributed by atoms with Gasteiger partial charge in [-0.2, -0.15) is 5.10 Å². The Morgan fingerprint density at radius 1 is 1.17 bits per heavy atom. The molecular formula is C16H17N5OS. The van der Waals surface area contributed by atoms with Crippen molar-refractivity contribution in [2.24, 2.45) is 0 Å². The van der Waals surface area contributed by atoms with Gasteiger partial charge >= 0.3 is 0 Å². The van der Waals surface area contributed by atoms with Crippen LogP contribution in [0, 0.1) is 4.77 Å². The van der Waals surface area contributed by atoms with E-state index < -0.39 is 0 Å². The number of aromatic nitrogens is 4. The predicted molar refractivity (Wildman–Crippen MR) is 90.7 cm³/mol. The zero-order chi connectivity index (χ0) is 16.2. The number of rotatable bonds is 5. The normalized spacial score (nSPS) is 10.7. The van der Waals surface area contributed by atoms with Crippen molar-refractivity contribution in [3.63, 3.8) is 0 Å². The van der Waals surface area contributed by atoms with E-state index in [1.54, 1.807) is 4.68 Å². The lowest BCUT2D eigenvalue weighted by Gasteiger charge is -2.06. The summed E-state index contributed by atoms with van der Waals surface area (Å²) in [5.41, 5.74) is 0.754. The fourth-order valence-electron chi connectivity index (χ4n) is 2.32. The Hall–Kier alpha value is -2.67. The average Bonchev–Trinajstić information content (AvgIpc) is 3.17. The fourth-order valence-corrected chi connectivity index (χ4v) is 2.62. The Morgan fingerprint density at radius 3 is 2.52 bits per heavy atom. The van der Waals surface area contributed by atoms with Crippen LogP contribution in [0.3, 0.4) is 0 Å². The summed E-state index contributed by atoms with van der Waals surface area (Å²) in [4.78, 5) is 12.2. The molecule has 0 aliphatic heterocycles. The van der Waals surface area contributed by atoms with Crippen molar-refractivity contribution >= 4 is 23.8 Å². The van der Waals surface area contributed by atoms with Crippen molar-refractivity contribution < 1.29 is 4.79 Å². The third kappa shape index (κ3) is 3.24. The molecule has 0 spiro atoms. The van der Waals surface area contributed by atoms with Crippen LogP contribution in [-0.4, -0.2) is 25.0 Å². The highest BCUT2D eigenvalue weighted by molar-refractivity contribution is 7.71. The summed E-state index contributed by atoms with van der Waals surface area (Å²) in [5.74, 6) is 0.644. The van der Waals surface area contributed by atoms with Crippen LogP contribution in [0.1, 0.15) is 12.7 Å². The third-order valence-corrected chi connectivity index (χ3v) is 3.75. The van der Waals surface area contributed by atoms with Crippen LogP contribution in [-0.2, 0) is 17.8 Å². The number of anilines is 1. The number of nitrogens with zero attached hydrogens (tertiary/aromatic N) is 4. The summed E-state index contributed by atoms with van der Waals surface area (Å²) >= 11 is 5.47. The van der Waals surface area contributed by atoms with Gasteiger partial charge in [0.05, 0.1) is 0 Å². The molecule has 3 rings (SSSR count). The van der Waals surface area contributed by atoms with E-state index in [4.69, 9.17) is 12.2 Å². The first-order chi connectivity index (χ1) is 11.2. The number of para-hydroxylation sites is 1. The molecule has 0 saturated carbocycles. The van der Waals surface area contributed by atoms with Crippen molar-refractivity contribution in [2.75, 3.05) is 5.32 Å². The SMILES string of the molecule is CCc1nn(CC(=O)Nc2ccccc2)c(=S)n1-n1cccc1. The van der Waals surface area contributed by atoms with E-state index in [2.05, 4.69) is 10.4 Å². The van der Waals surface area contributed by atoms with E-state index in [0.29, 0.717) is 4.77 Å². The van der Waals surface area contributed by atoms with Gasteiger partial charge in [-0.15, -0.1) is 0 Å². The number of aryl methyl sites for hydroxylation is 1. The number of hydrogen-bond acceptors (Lipinski definition) is 3. The molecule has 0 atom stereocenters. The molecule has 3 aromatic rings. The maximum Gasteiger partial charge on any atom is 0.246 e. The van der Waals surface area contributed by atoms with Crippen LogP contribution in [0.15, 0.2) is 54.9 Å². The molecule has 0 saturated heterocycles. The molecular weight excluding hydrogens is 310 g/mol. The highest BCUT2D eigenvalue weighted by atomic mass is 32.1. The molecule has 0 fully saturated rings. The van der Waals surface area contributed by atoms with E-state index in [1.165, 1.54) is 0 Å². The first-order valence-electron chi connectivity index (χ1n) is 7.36. The quantitative estimate of drug-likeness (QED) is 0.733. The van der Waals surface area contributed by atoms with Crippen LogP contribution in [0.2, 0.25) is 0 Å². The van der Waals surface area contributed by atoms with Crippen LogP contribution in [0.25, 0.3) is 0 Å². The lowest BCUT2D eigenvalue weighted by molar-refractivity contribution is -0.116. The second-order valence-electron chi connectivity index (χ2n) is 5.00. The summed E-state index contributed by atoms with van der Waals surface area (Å²) in [6.45, 7) is 2.08. The summed E-state index contributed by atoms with van der Waals surface area (Å²) in [6.07, 6.45) is 4.51. The van der Waals surface area contributed by atoms with Gasteiger partial charge < -0.3 is 5.32 Å². The minimum atomic E-state index is -0.160. The molecule has 23 heavy (non-hydrogen) atoms. The number of amides is 1. The van der Waals surface area contributed by atoms with Crippen LogP contribution in [0.5, 0.6) is 0 Å². The lowest BCUT2D eigenvalue weighted by Crippen LogP contribution is -2.20. The maximum atomic E-state index is 12.2. The molecule has 0 aliphatic rings. The van der Waals surface area contributed by atoms with Gasteiger partial charge in [0, 0.05) is 24.5 Å². The number of carbonyl (C=O) groups is 1. The molecule has 1 amide bonds. The predicted octanol–water partition coefficient (Wildman–Crippen LogP) is 2.73. The Morgan fingerprint density at radius 2 is 1.87 bits per heavy atom. The largest absolute Gasteiger partial charge is 0.324 e. The Kier molecular flexibility index (Phi) is 4.38. The highest BCUT2D eigenvalue weighted by Gasteiger charge is 2.13. The third-order valence-electron chi connectivity index (χ3n) is 3.37. The number of hydrogen-bond donors (Lipinski definition) is 1. The topological polar surface area (TPSA) is 56.8 Å². The molecule has 2 aromatic heterocycles. The van der Waals surface area contributed by atoms with E-state index >= 15 is 0 Å². The summed E-state index contributed by atoms with van der Waals surface area (Å²) < 4.78 is 5.72. The summed E-state index contributed by atoms with van der Waals surface area (Å²) in [7, 11) is 0. The van der Waals surface area contributed by atoms with Gasteiger partial charge in [-0.1, -0.05) is 25.1 Å². The van der Waals surface area contributed by atoms with Crippen LogP contribution in [0.4, 0.5) is 5.69 Å². The highest BCUT2D eigenvalue weighted by Crippen LogP contribution is 2.07. The first kappa shape index (κ1) is 15.2. The van der Waals surface area contributed by atoms with E-state index in [9.17, 15) is 4.79 Å². The maximum absolute atomic E-state index is 12.2. The Labute approximate surface area is 139 Å². The molecule has 0 radical (unpaired) electrons. The molecule has 118 valence electrons. The van der Waals surface area contributed by atoms with Gasteiger partial charge in [-0.3, -0.25) is 9.47 Å². The molecule has 0 aliphatic carbocycles. The van der Waals surface area contributed by atoms with E-state index in [0.717, 1.165) is 17.9 Å². The molecule has 1 N–H and O–H groups in total. The minimum absolute atomic E-state index is 0.0784. The second-order valence-corrected chi connectivity index (χ2v) is 5.36. The van der Waals surface area contributed by atoms with E-state index in [-0.39, 0.29) is 12.5 Å². The smallest absolute Gasteiger partial charge is 0.246 e. The van der Waals surface area contributed by atoms with Gasteiger partial charge in [0.1, 0.15) is 6.54 Å². The number of carbonyl (C=O) groups excluding carboxylic acids is 1. The molecule has 0 unspecified atom stereocenters. The molecule has 1 aromatic carbocycles. The molecule has 2 heterocycles. The van der Waals surface area contributed by atoms with Gasteiger partial charge in [0.15, 0.2) is 5.82 Å². The van der Waals surface area contributed by atoms with Crippen LogP contribution < -0.4 is 5.32 Å². The summed E-state index contributed by atoms with van der Waals surface area (Å²) in [6, 6.07) is 13.2. The summed E-state index contributed by atoms with van der Waals surface area (Å²) in [5, 5.41) is 7.30. The minimum Gasteiger partial charge on any atom is -0.324 e. The molecule has 0 bridgehead atoms. The van der Waals surface area contributed by atoms with Crippen molar-refractivity contribution in [1.82, 2.24) is 19.1 Å². The monoisotopic (exact) mass is 327 g/mol. The number of nitrogens with one attached hydrogen (secondary N) is 1. The zero-order valence-corrected chi connectivity index (χ0v) is 13.5. The van der Waals surface area contributed by atoms with Gasteiger partial charge in [0.2, 0.25) is 10.7 Å². The van der Waals surface area contributed by atoms with Crippen molar-refractivity contribution in [1.29, 1.82) is 0 Å². The Balaban J connectivity index is 1.84. The standard InChI is InChI=1S/C16H17N5OS/c1-2-14-18-20(16(23)21(14)19-10-6-7-11-19)12-15(22)17-13-8-4-3-5-9-13/h3-11H,2,12H2,1H3,(H,17,22). The van der Waals surface area contributed by atoms with E-state index in [1.807, 2.05) is 71.1 Å². The fraction of sp³-hybridized carbons (Fsp3) is 0.188. The average molecular weight is 327 g/mol. The number of benzene rings is 1. The molecule has 6 nitrogen and oxygen atoms in total. The van der Waals surface area contributed by atoms with Crippen molar-refractivity contribution in [2.45, 2.75) is 19.9 Å². The van der Waals surface area contributed by atoms with Gasteiger partial charge in [-0.05, 0) is 36.5 Å². The van der Waals surface area contributed by atoms with Gasteiger partial charge in [0.25, 0.3) is 0 Å². The Bertz CT molecular complexity index is 848. The zero-order valence-electron chi connectivity index (χ0n) is 12.7. The van der Waals surface area contributed by atoms with Crippen molar-refractivity contribution in [3.05, 3.63) is 65.5 Å². The van der Waals surface area contributed by atoms with Crippen LogP contribution >= 0.6 is 12.2 Å². The van der Waals surface area contributed by atoms with Crippen molar-refractivity contribution in [3.8, 4) is 0 Å². The molecule has 7 heteroatoms. The van der Waals surface area contributed by atoms with Gasteiger partial charge in [-0.25, -0.2) is 9.36 Å². The first-order valence-corrected chi connectivity index (χ1v) is 7.77. The second kappa shape index (κ2) is 6.62. The lowest BCUT2D eigenvalue weighted by atomic mass is 10.3.